The summed E-state index contributed by atoms with van der Waals surface area (Å²) < 4.78 is 5.16. The third-order valence-electron chi connectivity index (χ3n) is 4.29. The summed E-state index contributed by atoms with van der Waals surface area (Å²) >= 11 is 0. The Bertz CT molecular complexity index is 698. The molecule has 0 bridgehead atoms. The fraction of sp³-hybridized carbons (Fsp3) is 0.591. The predicted molar refractivity (Wildman–Crippen MR) is 115 cm³/mol. The molecule has 0 saturated heterocycles. The van der Waals surface area contributed by atoms with Crippen LogP contribution in [0.15, 0.2) is 24.3 Å². The van der Waals surface area contributed by atoms with Crippen LogP contribution in [0, 0.1) is 0 Å². The quantitative estimate of drug-likeness (QED) is 0.503. The van der Waals surface area contributed by atoms with Crippen molar-refractivity contribution in [3.8, 4) is 5.75 Å². The van der Waals surface area contributed by atoms with Crippen molar-refractivity contribution in [1.29, 1.82) is 0 Å². The zero-order valence-corrected chi connectivity index (χ0v) is 18.7. The number of hydrogen-bond acceptors (Lipinski definition) is 5. The van der Waals surface area contributed by atoms with Crippen LogP contribution in [0.2, 0.25) is 0 Å². The van der Waals surface area contributed by atoms with Gasteiger partial charge in [0.2, 0.25) is 11.8 Å². The second-order valence-electron chi connectivity index (χ2n) is 8.03. The van der Waals surface area contributed by atoms with E-state index in [0.717, 1.165) is 19.3 Å². The number of nitrogens with one attached hydrogen (secondary N) is 2. The summed E-state index contributed by atoms with van der Waals surface area (Å²) in [4.78, 5) is 39.1. The van der Waals surface area contributed by atoms with Crippen LogP contribution >= 0.6 is 0 Å². The molecule has 0 heterocycles. The lowest BCUT2D eigenvalue weighted by Crippen LogP contribution is -2.47. The Kier molecular flexibility index (Phi) is 10.1. The Morgan fingerprint density at radius 1 is 1.07 bits per heavy atom. The number of nitrogens with zero attached hydrogens (tertiary/aromatic N) is 1. The van der Waals surface area contributed by atoms with Gasteiger partial charge in [0.1, 0.15) is 23.9 Å². The summed E-state index contributed by atoms with van der Waals surface area (Å²) in [6.45, 7) is 9.54. The van der Waals surface area contributed by atoms with Gasteiger partial charge >= 0.3 is 6.09 Å². The molecule has 8 heteroatoms. The maximum absolute atomic E-state index is 12.9. The Labute approximate surface area is 179 Å². The van der Waals surface area contributed by atoms with Gasteiger partial charge in [0, 0.05) is 13.1 Å². The lowest BCUT2D eigenvalue weighted by Gasteiger charge is -2.30. The number of hydrogen-bond donors (Lipinski definition) is 3. The lowest BCUT2D eigenvalue weighted by atomic mass is 10.0. The highest BCUT2D eigenvalue weighted by molar-refractivity contribution is 5.90. The van der Waals surface area contributed by atoms with Crippen LogP contribution in [-0.2, 0) is 14.3 Å². The molecule has 168 valence electrons. The summed E-state index contributed by atoms with van der Waals surface area (Å²) in [6.07, 6.45) is 2.19. The van der Waals surface area contributed by atoms with Gasteiger partial charge in [-0.25, -0.2) is 4.79 Å². The predicted octanol–water partition coefficient (Wildman–Crippen LogP) is 3.11. The summed E-state index contributed by atoms with van der Waals surface area (Å²) in [5.74, 6) is -0.642. The van der Waals surface area contributed by atoms with Crippen LogP contribution in [0.5, 0.6) is 5.75 Å². The van der Waals surface area contributed by atoms with Gasteiger partial charge in [0.05, 0.1) is 0 Å². The summed E-state index contributed by atoms with van der Waals surface area (Å²) in [6, 6.07) is 5.31. The molecular formula is C22H35N3O5. The number of ether oxygens (including phenoxy) is 1. The SMILES string of the molecule is CCCCCNC(=O)C(c1ccc(O)cc1)N(CC)C(=O)CNC(=O)OC(C)(C)C. The van der Waals surface area contributed by atoms with Gasteiger partial charge < -0.3 is 25.4 Å². The number of likely N-dealkylation sites (N-methyl/N-ethyl adjacent to an activating group) is 1. The molecule has 0 spiro atoms. The van der Waals surface area contributed by atoms with Gasteiger partial charge in [0.15, 0.2) is 0 Å². The molecule has 3 N–H and O–H groups in total. The summed E-state index contributed by atoms with van der Waals surface area (Å²) in [7, 11) is 0. The molecule has 0 saturated carbocycles. The van der Waals surface area contributed by atoms with Crippen LogP contribution < -0.4 is 10.6 Å². The van der Waals surface area contributed by atoms with E-state index in [-0.39, 0.29) is 24.7 Å². The number of amides is 3. The number of carbonyl (C=O) groups excluding carboxylic acids is 3. The average molecular weight is 422 g/mol. The number of phenolic OH excluding ortho intramolecular Hbond substituents is 1. The molecule has 1 rings (SSSR count). The van der Waals surface area contributed by atoms with Crippen LogP contribution in [0.4, 0.5) is 4.79 Å². The van der Waals surface area contributed by atoms with Gasteiger partial charge in [-0.05, 0) is 51.8 Å². The minimum Gasteiger partial charge on any atom is -0.508 e. The molecule has 0 aliphatic carbocycles. The van der Waals surface area contributed by atoms with Crippen molar-refractivity contribution < 1.29 is 24.2 Å². The first-order chi connectivity index (χ1) is 14.1. The van der Waals surface area contributed by atoms with Crippen LogP contribution in [-0.4, -0.2) is 53.1 Å². The van der Waals surface area contributed by atoms with E-state index in [9.17, 15) is 19.5 Å². The zero-order valence-electron chi connectivity index (χ0n) is 18.7. The molecule has 0 aromatic heterocycles. The summed E-state index contributed by atoms with van der Waals surface area (Å²) in [5, 5.41) is 14.9. The van der Waals surface area contributed by atoms with E-state index in [2.05, 4.69) is 17.6 Å². The molecule has 1 aromatic carbocycles. The molecule has 0 aliphatic rings. The topological polar surface area (TPSA) is 108 Å². The molecule has 0 aliphatic heterocycles. The Balaban J connectivity index is 2.95. The number of unbranched alkanes of at least 4 members (excludes halogenated alkanes) is 2. The number of aromatic hydroxyl groups is 1. The van der Waals surface area contributed by atoms with Gasteiger partial charge in [-0.1, -0.05) is 31.9 Å². The normalized spacial score (nSPS) is 12.0. The van der Waals surface area contributed by atoms with E-state index >= 15 is 0 Å². The van der Waals surface area contributed by atoms with E-state index in [1.807, 2.05) is 0 Å². The molecule has 30 heavy (non-hydrogen) atoms. The van der Waals surface area contributed by atoms with Gasteiger partial charge in [0.25, 0.3) is 0 Å². The second kappa shape index (κ2) is 12.0. The molecule has 3 amide bonds. The molecular weight excluding hydrogens is 386 g/mol. The van der Waals surface area contributed by atoms with Crippen molar-refractivity contribution in [2.24, 2.45) is 0 Å². The second-order valence-corrected chi connectivity index (χ2v) is 8.03. The monoisotopic (exact) mass is 421 g/mol. The smallest absolute Gasteiger partial charge is 0.408 e. The molecule has 1 aromatic rings. The number of benzene rings is 1. The summed E-state index contributed by atoms with van der Waals surface area (Å²) in [5.41, 5.74) is -0.0990. The highest BCUT2D eigenvalue weighted by Gasteiger charge is 2.30. The molecule has 1 atom stereocenters. The van der Waals surface area contributed by atoms with Crippen molar-refractivity contribution in [2.75, 3.05) is 19.6 Å². The van der Waals surface area contributed by atoms with Crippen molar-refractivity contribution >= 4 is 17.9 Å². The molecule has 8 nitrogen and oxygen atoms in total. The molecule has 1 unspecified atom stereocenters. The van der Waals surface area contributed by atoms with Gasteiger partial charge in [-0.15, -0.1) is 0 Å². The van der Waals surface area contributed by atoms with Crippen molar-refractivity contribution in [3.63, 3.8) is 0 Å². The first-order valence-electron chi connectivity index (χ1n) is 10.4. The first kappa shape index (κ1) is 25.3. The minimum atomic E-state index is -0.870. The third kappa shape index (κ3) is 8.71. The Morgan fingerprint density at radius 2 is 1.70 bits per heavy atom. The maximum Gasteiger partial charge on any atom is 0.408 e. The van der Waals surface area contributed by atoms with Crippen molar-refractivity contribution in [3.05, 3.63) is 29.8 Å². The fourth-order valence-corrected chi connectivity index (χ4v) is 2.88. The number of alkyl carbamates (subject to hydrolysis) is 1. The van der Waals surface area contributed by atoms with Crippen LogP contribution in [0.3, 0.4) is 0 Å². The van der Waals surface area contributed by atoms with Gasteiger partial charge in [-0.2, -0.15) is 0 Å². The molecule has 0 radical (unpaired) electrons. The van der Waals surface area contributed by atoms with Crippen molar-refractivity contribution in [1.82, 2.24) is 15.5 Å². The largest absolute Gasteiger partial charge is 0.508 e. The van der Waals surface area contributed by atoms with Crippen molar-refractivity contribution in [2.45, 2.75) is 65.5 Å². The van der Waals surface area contributed by atoms with Gasteiger partial charge in [-0.3, -0.25) is 9.59 Å². The average Bonchev–Trinajstić information content (AvgIpc) is 2.67. The Hall–Kier alpha value is -2.77. The number of carbonyl (C=O) groups is 3. The highest BCUT2D eigenvalue weighted by atomic mass is 16.6. The molecule has 0 fully saturated rings. The van der Waals surface area contributed by atoms with E-state index in [1.54, 1.807) is 39.8 Å². The van der Waals surface area contributed by atoms with Crippen LogP contribution in [0.25, 0.3) is 0 Å². The van der Waals surface area contributed by atoms with E-state index in [1.165, 1.54) is 17.0 Å². The number of phenols is 1. The maximum atomic E-state index is 12.9. The fourth-order valence-electron chi connectivity index (χ4n) is 2.88. The zero-order chi connectivity index (χ0) is 22.7. The number of rotatable bonds is 10. The van der Waals surface area contributed by atoms with E-state index in [4.69, 9.17) is 4.74 Å². The first-order valence-corrected chi connectivity index (χ1v) is 10.4. The van der Waals surface area contributed by atoms with Crippen LogP contribution in [0.1, 0.15) is 65.5 Å². The lowest BCUT2D eigenvalue weighted by molar-refractivity contribution is -0.140. The third-order valence-corrected chi connectivity index (χ3v) is 4.29. The minimum absolute atomic E-state index is 0.0711. The van der Waals surface area contributed by atoms with E-state index < -0.39 is 23.6 Å². The Morgan fingerprint density at radius 3 is 2.23 bits per heavy atom. The highest BCUT2D eigenvalue weighted by Crippen LogP contribution is 2.23. The standard InChI is InChI=1S/C22H35N3O5/c1-6-8-9-14-23-20(28)19(16-10-12-17(26)13-11-16)25(7-2)18(27)15-24-21(29)30-22(3,4)5/h10-13,19,26H,6-9,14-15H2,1-5H3,(H,23,28)(H,24,29). The van der Waals surface area contributed by atoms with E-state index in [0.29, 0.717) is 12.1 Å².